The number of hydrogen-bond donors (Lipinski definition) is 1. The molecule has 6 heteroatoms. The Balaban J connectivity index is 1.19. The van der Waals surface area contributed by atoms with Crippen LogP contribution >= 0.6 is 0 Å². The van der Waals surface area contributed by atoms with Crippen LogP contribution in [0.5, 0.6) is 11.5 Å². The lowest BCUT2D eigenvalue weighted by Crippen LogP contribution is -2.57. The van der Waals surface area contributed by atoms with E-state index in [1.165, 1.54) is 18.4 Å². The average molecular weight is 403 g/mol. The van der Waals surface area contributed by atoms with Gasteiger partial charge in [0.2, 0.25) is 0 Å². The molecule has 1 unspecified atom stereocenters. The van der Waals surface area contributed by atoms with Crippen molar-refractivity contribution in [3.63, 3.8) is 0 Å². The van der Waals surface area contributed by atoms with Crippen molar-refractivity contribution in [1.29, 1.82) is 0 Å². The van der Waals surface area contributed by atoms with Crippen LogP contribution in [0.2, 0.25) is 0 Å². The number of fused-ring (bicyclic) bond motifs is 1. The first-order valence-corrected chi connectivity index (χ1v) is 11.3. The number of benzene rings is 1. The molecule has 1 spiro atoms. The number of aliphatic hydroxyl groups excluding tert-OH is 1. The molecular weight excluding hydrogens is 368 g/mol. The van der Waals surface area contributed by atoms with Crippen molar-refractivity contribution in [3.05, 3.63) is 23.8 Å². The SMILES string of the molecule is OC1CN(C2CCOCC2)CC2(CCN(Cc3ccc4c(c3)OCCO4)CC2)C1. The Morgan fingerprint density at radius 2 is 1.76 bits per heavy atom. The Hall–Kier alpha value is -1.34. The van der Waals surface area contributed by atoms with Crippen molar-refractivity contribution < 1.29 is 19.3 Å². The number of β-amino-alcohol motifs (C(OH)–C–C–N with tert-alkyl or cyclic N) is 1. The molecule has 1 N–H and O–H groups in total. The van der Waals surface area contributed by atoms with Crippen LogP contribution in [0.4, 0.5) is 0 Å². The fourth-order valence-electron chi connectivity index (χ4n) is 5.72. The highest BCUT2D eigenvalue weighted by Gasteiger charge is 2.43. The predicted octanol–water partition coefficient (Wildman–Crippen LogP) is 2.29. The van der Waals surface area contributed by atoms with Gasteiger partial charge in [0.05, 0.1) is 6.10 Å². The van der Waals surface area contributed by atoms with E-state index in [0.29, 0.717) is 19.3 Å². The van der Waals surface area contributed by atoms with Gasteiger partial charge in [0.1, 0.15) is 13.2 Å². The minimum Gasteiger partial charge on any atom is -0.486 e. The van der Waals surface area contributed by atoms with Gasteiger partial charge in [-0.05, 0) is 68.3 Å². The second-order valence-electron chi connectivity index (χ2n) is 9.39. The zero-order valence-corrected chi connectivity index (χ0v) is 17.4. The fraction of sp³-hybridized carbons (Fsp3) is 0.739. The molecule has 1 aromatic rings. The highest BCUT2D eigenvalue weighted by Crippen LogP contribution is 2.41. The number of nitrogens with zero attached hydrogens (tertiary/aromatic N) is 2. The first kappa shape index (κ1) is 19.6. The van der Waals surface area contributed by atoms with Crippen LogP contribution in [-0.4, -0.2) is 79.7 Å². The first-order valence-electron chi connectivity index (χ1n) is 11.3. The highest BCUT2D eigenvalue weighted by atomic mass is 16.6. The van der Waals surface area contributed by atoms with Crippen molar-refractivity contribution >= 4 is 0 Å². The molecule has 0 amide bonds. The first-order chi connectivity index (χ1) is 14.2. The van der Waals surface area contributed by atoms with Crippen molar-refractivity contribution in [2.45, 2.75) is 50.8 Å². The molecule has 0 aromatic heterocycles. The molecule has 1 atom stereocenters. The van der Waals surface area contributed by atoms with Crippen molar-refractivity contribution in [2.24, 2.45) is 5.41 Å². The van der Waals surface area contributed by atoms with E-state index >= 15 is 0 Å². The van der Waals surface area contributed by atoms with Crippen LogP contribution in [-0.2, 0) is 11.3 Å². The van der Waals surface area contributed by atoms with Crippen LogP contribution in [0.3, 0.4) is 0 Å². The second-order valence-corrected chi connectivity index (χ2v) is 9.39. The number of rotatable bonds is 3. The number of likely N-dealkylation sites (tertiary alicyclic amines) is 2. The summed E-state index contributed by atoms with van der Waals surface area (Å²) in [6, 6.07) is 6.93. The molecule has 4 aliphatic heterocycles. The molecule has 3 fully saturated rings. The second kappa shape index (κ2) is 8.42. The Kier molecular flexibility index (Phi) is 5.69. The maximum Gasteiger partial charge on any atom is 0.161 e. The zero-order valence-electron chi connectivity index (χ0n) is 17.4. The van der Waals surface area contributed by atoms with Crippen molar-refractivity contribution in [2.75, 3.05) is 52.6 Å². The van der Waals surface area contributed by atoms with E-state index in [4.69, 9.17) is 14.2 Å². The molecule has 0 bridgehead atoms. The van der Waals surface area contributed by atoms with Gasteiger partial charge in [-0.2, -0.15) is 0 Å². The topological polar surface area (TPSA) is 54.4 Å². The summed E-state index contributed by atoms with van der Waals surface area (Å²) in [5.74, 6) is 1.74. The van der Waals surface area contributed by atoms with Gasteiger partial charge < -0.3 is 19.3 Å². The number of piperidine rings is 2. The van der Waals surface area contributed by atoms with E-state index in [-0.39, 0.29) is 11.5 Å². The molecule has 1 aromatic carbocycles. The maximum absolute atomic E-state index is 10.6. The molecular formula is C23H34N2O4. The molecule has 5 rings (SSSR count). The summed E-state index contributed by atoms with van der Waals surface area (Å²) in [5, 5.41) is 10.6. The van der Waals surface area contributed by atoms with E-state index in [0.717, 1.165) is 76.7 Å². The van der Waals surface area contributed by atoms with Crippen LogP contribution in [0.25, 0.3) is 0 Å². The zero-order chi connectivity index (χ0) is 19.7. The van der Waals surface area contributed by atoms with Crippen LogP contribution in [0.1, 0.15) is 37.7 Å². The number of hydrogen-bond acceptors (Lipinski definition) is 6. The van der Waals surface area contributed by atoms with Gasteiger partial charge in [-0.15, -0.1) is 0 Å². The minimum absolute atomic E-state index is 0.184. The third-order valence-electron chi connectivity index (χ3n) is 7.29. The van der Waals surface area contributed by atoms with Gasteiger partial charge in [0.25, 0.3) is 0 Å². The standard InChI is InChI=1S/C23H34N2O4/c26-20-14-23(17-25(16-20)19-3-9-27-10-4-19)5-7-24(8-6-23)15-18-1-2-21-22(13-18)29-12-11-28-21/h1-2,13,19-20,26H,3-12,14-17H2. The average Bonchev–Trinajstić information content (AvgIpc) is 2.76. The molecule has 0 aliphatic carbocycles. The van der Waals surface area contributed by atoms with E-state index in [1.54, 1.807) is 0 Å². The molecule has 6 nitrogen and oxygen atoms in total. The molecule has 4 aliphatic rings. The summed E-state index contributed by atoms with van der Waals surface area (Å²) in [4.78, 5) is 5.13. The maximum atomic E-state index is 10.6. The molecule has 0 radical (unpaired) electrons. The minimum atomic E-state index is -0.184. The van der Waals surface area contributed by atoms with Gasteiger partial charge in [-0.3, -0.25) is 9.80 Å². The quantitative estimate of drug-likeness (QED) is 0.837. The fourth-order valence-corrected chi connectivity index (χ4v) is 5.72. The normalized spacial score (nSPS) is 28.5. The third kappa shape index (κ3) is 4.41. The third-order valence-corrected chi connectivity index (χ3v) is 7.29. The summed E-state index contributed by atoms with van der Waals surface area (Å²) in [5.41, 5.74) is 1.57. The van der Waals surface area contributed by atoms with Gasteiger partial charge in [-0.25, -0.2) is 0 Å². The lowest BCUT2D eigenvalue weighted by molar-refractivity contribution is -0.0726. The number of aliphatic hydroxyl groups is 1. The lowest BCUT2D eigenvalue weighted by Gasteiger charge is -2.51. The Bertz CT molecular complexity index is 698. The number of ether oxygens (including phenoxy) is 3. The van der Waals surface area contributed by atoms with Gasteiger partial charge in [0, 0.05) is 38.9 Å². The van der Waals surface area contributed by atoms with E-state index in [9.17, 15) is 5.11 Å². The predicted molar refractivity (Wildman–Crippen MR) is 110 cm³/mol. The Labute approximate surface area is 173 Å². The summed E-state index contributed by atoms with van der Waals surface area (Å²) in [6.07, 6.45) is 5.35. The van der Waals surface area contributed by atoms with E-state index in [2.05, 4.69) is 21.9 Å². The van der Waals surface area contributed by atoms with Gasteiger partial charge in [-0.1, -0.05) is 6.07 Å². The van der Waals surface area contributed by atoms with Crippen LogP contribution in [0, 0.1) is 5.41 Å². The Morgan fingerprint density at radius 1 is 1.00 bits per heavy atom. The van der Waals surface area contributed by atoms with Crippen LogP contribution in [0.15, 0.2) is 18.2 Å². The van der Waals surface area contributed by atoms with Crippen molar-refractivity contribution in [1.82, 2.24) is 9.80 Å². The van der Waals surface area contributed by atoms with Gasteiger partial charge >= 0.3 is 0 Å². The molecule has 160 valence electrons. The monoisotopic (exact) mass is 402 g/mol. The summed E-state index contributed by atoms with van der Waals surface area (Å²) in [6.45, 7) is 8.15. The highest BCUT2D eigenvalue weighted by molar-refractivity contribution is 5.43. The largest absolute Gasteiger partial charge is 0.486 e. The lowest BCUT2D eigenvalue weighted by atomic mass is 9.71. The van der Waals surface area contributed by atoms with Crippen LogP contribution < -0.4 is 9.47 Å². The Morgan fingerprint density at radius 3 is 2.55 bits per heavy atom. The van der Waals surface area contributed by atoms with E-state index < -0.39 is 0 Å². The van der Waals surface area contributed by atoms with Gasteiger partial charge in [0.15, 0.2) is 11.5 Å². The smallest absolute Gasteiger partial charge is 0.161 e. The van der Waals surface area contributed by atoms with E-state index in [1.807, 2.05) is 6.07 Å². The molecule has 29 heavy (non-hydrogen) atoms. The summed E-state index contributed by atoms with van der Waals surface area (Å²) < 4.78 is 16.9. The molecule has 3 saturated heterocycles. The summed E-state index contributed by atoms with van der Waals surface area (Å²) in [7, 11) is 0. The van der Waals surface area contributed by atoms with Crippen molar-refractivity contribution in [3.8, 4) is 11.5 Å². The molecule has 0 saturated carbocycles. The molecule has 4 heterocycles. The summed E-state index contributed by atoms with van der Waals surface area (Å²) >= 11 is 0.